The molecule has 4 aromatic rings. The first-order valence-electron chi connectivity index (χ1n) is 9.18. The molecule has 0 aliphatic rings. The molecule has 1 heterocycles. The lowest BCUT2D eigenvalue weighted by atomic mass is 9.97. The van der Waals surface area contributed by atoms with Gasteiger partial charge in [-0.3, -0.25) is 4.79 Å². The molecule has 0 amide bonds. The molecule has 140 valence electrons. The van der Waals surface area contributed by atoms with Gasteiger partial charge in [-0.25, -0.2) is 0 Å². The van der Waals surface area contributed by atoms with Gasteiger partial charge < -0.3 is 14.8 Å². The van der Waals surface area contributed by atoms with Crippen molar-refractivity contribution in [2.24, 2.45) is 0 Å². The number of aromatic nitrogens is 1. The number of hydrogen-bond acceptors (Lipinski definition) is 2. The molecule has 4 rings (SSSR count). The lowest BCUT2D eigenvalue weighted by Crippen LogP contribution is -2.01. The van der Waals surface area contributed by atoms with Gasteiger partial charge in [0.05, 0.1) is 12.1 Å². The fraction of sp³-hybridized carbons (Fsp3) is 0.125. The van der Waals surface area contributed by atoms with E-state index in [4.69, 9.17) is 4.74 Å². The van der Waals surface area contributed by atoms with Crippen molar-refractivity contribution in [2.45, 2.75) is 20.3 Å². The summed E-state index contributed by atoms with van der Waals surface area (Å²) in [7, 11) is 0. The van der Waals surface area contributed by atoms with Gasteiger partial charge in [0.2, 0.25) is 0 Å². The molecule has 1 aromatic heterocycles. The number of rotatable bonds is 5. The normalized spacial score (nSPS) is 10.9. The van der Waals surface area contributed by atoms with Gasteiger partial charge in [-0.1, -0.05) is 35.9 Å². The maximum absolute atomic E-state index is 11.6. The van der Waals surface area contributed by atoms with Crippen molar-refractivity contribution in [1.29, 1.82) is 0 Å². The van der Waals surface area contributed by atoms with Gasteiger partial charge in [0.25, 0.3) is 0 Å². The zero-order chi connectivity index (χ0) is 19.7. The molecule has 0 unspecified atom stereocenters. The monoisotopic (exact) mass is 371 g/mol. The van der Waals surface area contributed by atoms with E-state index in [-0.39, 0.29) is 6.42 Å². The number of para-hydroxylation sites is 1. The molecule has 4 heteroatoms. The van der Waals surface area contributed by atoms with Crippen molar-refractivity contribution < 1.29 is 14.6 Å². The van der Waals surface area contributed by atoms with Crippen molar-refractivity contribution >= 4 is 16.9 Å². The molecule has 3 aromatic carbocycles. The molecule has 0 saturated heterocycles. The predicted octanol–water partition coefficient (Wildman–Crippen LogP) is 5.87. The summed E-state index contributed by atoms with van der Waals surface area (Å²) < 4.78 is 5.94. The Bertz CT molecular complexity index is 1160. The van der Waals surface area contributed by atoms with Crippen LogP contribution in [0, 0.1) is 13.8 Å². The summed E-state index contributed by atoms with van der Waals surface area (Å²) in [5, 5.41) is 10.4. The first-order valence-corrected chi connectivity index (χ1v) is 9.18. The maximum Gasteiger partial charge on any atom is 0.307 e. The molecule has 0 atom stereocenters. The van der Waals surface area contributed by atoms with Crippen molar-refractivity contribution in [1.82, 2.24) is 4.98 Å². The molecule has 0 aliphatic heterocycles. The summed E-state index contributed by atoms with van der Waals surface area (Å²) >= 11 is 0. The van der Waals surface area contributed by atoms with Gasteiger partial charge in [0.15, 0.2) is 0 Å². The smallest absolute Gasteiger partial charge is 0.307 e. The number of aryl methyl sites for hydroxylation is 2. The van der Waals surface area contributed by atoms with Gasteiger partial charge in [-0.2, -0.15) is 0 Å². The second-order valence-electron chi connectivity index (χ2n) is 6.99. The van der Waals surface area contributed by atoms with Crippen LogP contribution in [0.1, 0.15) is 16.7 Å². The van der Waals surface area contributed by atoms with Crippen LogP contribution in [-0.2, 0) is 11.2 Å². The van der Waals surface area contributed by atoms with Crippen LogP contribution >= 0.6 is 0 Å². The Balaban J connectivity index is 1.86. The maximum atomic E-state index is 11.6. The third-order valence-electron chi connectivity index (χ3n) is 4.85. The van der Waals surface area contributed by atoms with E-state index in [0.717, 1.165) is 44.6 Å². The summed E-state index contributed by atoms with van der Waals surface area (Å²) in [6, 6.07) is 21.5. The number of benzene rings is 3. The number of carboxylic acids is 1. The number of hydrogen-bond donors (Lipinski definition) is 2. The van der Waals surface area contributed by atoms with Crippen molar-refractivity contribution in [3.8, 4) is 22.8 Å². The molecular formula is C24H21NO3. The highest BCUT2D eigenvalue weighted by Crippen LogP contribution is 2.35. The number of carbonyl (C=O) groups is 1. The third-order valence-corrected chi connectivity index (χ3v) is 4.85. The van der Waals surface area contributed by atoms with Crippen molar-refractivity contribution in [2.75, 3.05) is 0 Å². The average molecular weight is 371 g/mol. The molecule has 0 radical (unpaired) electrons. The minimum absolute atomic E-state index is 0.0580. The molecule has 0 fully saturated rings. The fourth-order valence-electron chi connectivity index (χ4n) is 3.48. The van der Waals surface area contributed by atoms with Gasteiger partial charge in [-0.15, -0.1) is 0 Å². The Hall–Kier alpha value is -3.53. The van der Waals surface area contributed by atoms with E-state index < -0.39 is 5.97 Å². The predicted molar refractivity (Wildman–Crippen MR) is 111 cm³/mol. The van der Waals surface area contributed by atoms with E-state index in [0.29, 0.717) is 5.75 Å². The Labute approximate surface area is 163 Å². The van der Waals surface area contributed by atoms with Gasteiger partial charge in [-0.05, 0) is 61.4 Å². The quantitative estimate of drug-likeness (QED) is 0.461. The first-order chi connectivity index (χ1) is 13.5. The van der Waals surface area contributed by atoms with Gasteiger partial charge >= 0.3 is 5.97 Å². The van der Waals surface area contributed by atoms with E-state index in [1.54, 1.807) is 0 Å². The third kappa shape index (κ3) is 3.49. The molecule has 0 bridgehead atoms. The largest absolute Gasteiger partial charge is 0.481 e. The molecule has 0 aliphatic carbocycles. The molecule has 2 N–H and O–H groups in total. The van der Waals surface area contributed by atoms with Crippen molar-refractivity contribution in [3.05, 3.63) is 83.4 Å². The Morgan fingerprint density at radius 1 is 0.964 bits per heavy atom. The van der Waals surface area contributed by atoms with Crippen LogP contribution < -0.4 is 4.74 Å². The number of ether oxygens (including phenoxy) is 1. The highest BCUT2D eigenvalue weighted by atomic mass is 16.5. The molecule has 0 spiro atoms. The molecule has 0 saturated carbocycles. The van der Waals surface area contributed by atoms with Crippen LogP contribution in [0.25, 0.3) is 22.2 Å². The molecule has 4 nitrogen and oxygen atoms in total. The van der Waals surface area contributed by atoms with E-state index in [1.165, 1.54) is 0 Å². The zero-order valence-electron chi connectivity index (χ0n) is 15.8. The van der Waals surface area contributed by atoms with E-state index >= 15 is 0 Å². The lowest BCUT2D eigenvalue weighted by Gasteiger charge is -2.08. The summed E-state index contributed by atoms with van der Waals surface area (Å²) in [5.41, 5.74) is 5.79. The number of carboxylic acid groups (broad SMARTS) is 1. The first kappa shape index (κ1) is 17.9. The summed E-state index contributed by atoms with van der Waals surface area (Å²) in [5.74, 6) is 0.561. The Morgan fingerprint density at radius 3 is 2.50 bits per heavy atom. The van der Waals surface area contributed by atoms with E-state index in [2.05, 4.69) is 23.2 Å². The minimum Gasteiger partial charge on any atom is -0.481 e. The van der Waals surface area contributed by atoms with Crippen LogP contribution in [0.15, 0.2) is 66.7 Å². The number of aliphatic carboxylic acids is 1. The average Bonchev–Trinajstić information content (AvgIpc) is 3.02. The van der Waals surface area contributed by atoms with Crippen molar-refractivity contribution in [3.63, 3.8) is 0 Å². The minimum atomic E-state index is -0.859. The Morgan fingerprint density at radius 2 is 1.75 bits per heavy atom. The SMILES string of the molecule is Cc1ccc(C)c(-c2[nH]c3ccc(Oc4ccccc4)cc3c2CC(=O)O)c1. The summed E-state index contributed by atoms with van der Waals surface area (Å²) in [6.07, 6.45) is -0.0580. The second kappa shape index (κ2) is 7.24. The van der Waals surface area contributed by atoms with Gasteiger partial charge in [0.1, 0.15) is 11.5 Å². The summed E-state index contributed by atoms with van der Waals surface area (Å²) in [4.78, 5) is 15.0. The topological polar surface area (TPSA) is 62.3 Å². The fourth-order valence-corrected chi connectivity index (χ4v) is 3.48. The van der Waals surface area contributed by atoms with Crippen LogP contribution in [0.2, 0.25) is 0 Å². The van der Waals surface area contributed by atoms with Crippen LogP contribution in [-0.4, -0.2) is 16.1 Å². The lowest BCUT2D eigenvalue weighted by molar-refractivity contribution is -0.136. The number of aromatic amines is 1. The highest BCUT2D eigenvalue weighted by Gasteiger charge is 2.18. The second-order valence-corrected chi connectivity index (χ2v) is 6.99. The molecule has 28 heavy (non-hydrogen) atoms. The standard InChI is InChI=1S/C24H21NO3/c1-15-8-9-16(2)19(12-15)24-21(14-23(26)27)20-13-18(10-11-22(20)25-24)28-17-6-4-3-5-7-17/h3-13,25H,14H2,1-2H3,(H,26,27). The molecular weight excluding hydrogens is 350 g/mol. The van der Waals surface area contributed by atoms with Gasteiger partial charge in [0, 0.05) is 16.5 Å². The van der Waals surface area contributed by atoms with Crippen LogP contribution in [0.5, 0.6) is 11.5 Å². The summed E-state index contributed by atoms with van der Waals surface area (Å²) in [6.45, 7) is 4.07. The zero-order valence-corrected chi connectivity index (χ0v) is 15.8. The van der Waals surface area contributed by atoms with E-state index in [9.17, 15) is 9.90 Å². The highest BCUT2D eigenvalue weighted by molar-refractivity contribution is 5.95. The number of fused-ring (bicyclic) bond motifs is 1. The Kier molecular flexibility index (Phi) is 4.62. The van der Waals surface area contributed by atoms with Crippen LogP contribution in [0.4, 0.5) is 0 Å². The number of H-pyrrole nitrogens is 1. The van der Waals surface area contributed by atoms with E-state index in [1.807, 2.05) is 62.4 Å². The number of nitrogens with one attached hydrogen (secondary N) is 1. The van der Waals surface area contributed by atoms with Crippen LogP contribution in [0.3, 0.4) is 0 Å².